The van der Waals surface area contributed by atoms with Gasteiger partial charge in [-0.3, -0.25) is 14.4 Å². The average molecular weight is 342 g/mol. The van der Waals surface area contributed by atoms with Crippen molar-refractivity contribution in [2.75, 3.05) is 18.5 Å². The number of ether oxygens (including phenoxy) is 2. The highest BCUT2D eigenvalue weighted by molar-refractivity contribution is 5.95. The number of para-hydroxylation sites is 1. The zero-order valence-electron chi connectivity index (χ0n) is 13.4. The summed E-state index contributed by atoms with van der Waals surface area (Å²) in [4.78, 5) is 34.3. The maximum atomic E-state index is 11.7. The van der Waals surface area contributed by atoms with Crippen LogP contribution in [0.2, 0.25) is 0 Å². The summed E-state index contributed by atoms with van der Waals surface area (Å²) in [5.74, 6) is -0.906. The molecule has 0 bridgehead atoms. The Balaban J connectivity index is 1.66. The summed E-state index contributed by atoms with van der Waals surface area (Å²) in [6.07, 6.45) is 0.0372. The van der Waals surface area contributed by atoms with Crippen molar-refractivity contribution in [2.45, 2.75) is 6.42 Å². The lowest BCUT2D eigenvalue weighted by Crippen LogP contribution is -2.21. The Bertz CT molecular complexity index is 729. The molecule has 2 rings (SSSR count). The predicted molar refractivity (Wildman–Crippen MR) is 91.1 cm³/mol. The summed E-state index contributed by atoms with van der Waals surface area (Å²) in [7, 11) is 0. The average Bonchev–Trinajstić information content (AvgIpc) is 2.61. The van der Waals surface area contributed by atoms with E-state index in [-0.39, 0.29) is 13.0 Å². The molecule has 0 atom stereocenters. The normalized spacial score (nSPS) is 9.92. The highest BCUT2D eigenvalue weighted by Gasteiger charge is 2.09. The second kappa shape index (κ2) is 9.07. The second-order valence-corrected chi connectivity index (χ2v) is 5.06. The highest BCUT2D eigenvalue weighted by Crippen LogP contribution is 2.10. The number of amides is 2. The quantitative estimate of drug-likeness (QED) is 0.711. The number of carbonyl (C=O) groups is 3. The number of nitrogens with one attached hydrogen (secondary N) is 1. The van der Waals surface area contributed by atoms with Gasteiger partial charge in [-0.25, -0.2) is 0 Å². The minimum atomic E-state index is -0.551. The smallest absolute Gasteiger partial charge is 0.309 e. The van der Waals surface area contributed by atoms with E-state index < -0.39 is 24.4 Å². The molecule has 7 nitrogen and oxygen atoms in total. The number of carbonyl (C=O) groups excluding carboxylic acids is 3. The van der Waals surface area contributed by atoms with E-state index in [9.17, 15) is 14.4 Å². The Labute approximate surface area is 144 Å². The first-order valence-electron chi connectivity index (χ1n) is 7.58. The van der Waals surface area contributed by atoms with Crippen LogP contribution in [0.3, 0.4) is 0 Å². The summed E-state index contributed by atoms with van der Waals surface area (Å²) in [5, 5.41) is 2.55. The summed E-state index contributed by atoms with van der Waals surface area (Å²) in [6, 6.07) is 15.1. The van der Waals surface area contributed by atoms with Crippen molar-refractivity contribution in [1.82, 2.24) is 0 Å². The van der Waals surface area contributed by atoms with Gasteiger partial charge in [0, 0.05) is 11.3 Å². The first-order chi connectivity index (χ1) is 12.0. The van der Waals surface area contributed by atoms with Crippen molar-refractivity contribution >= 4 is 23.5 Å². The van der Waals surface area contributed by atoms with Gasteiger partial charge in [-0.2, -0.15) is 0 Å². The van der Waals surface area contributed by atoms with E-state index in [0.29, 0.717) is 17.0 Å². The van der Waals surface area contributed by atoms with Crippen LogP contribution in [0.15, 0.2) is 54.6 Å². The molecular weight excluding hydrogens is 324 g/mol. The van der Waals surface area contributed by atoms with E-state index in [4.69, 9.17) is 15.2 Å². The molecule has 0 spiro atoms. The second-order valence-electron chi connectivity index (χ2n) is 5.06. The number of hydrogen-bond acceptors (Lipinski definition) is 5. The molecule has 0 saturated heterocycles. The minimum Gasteiger partial charge on any atom is -0.493 e. The van der Waals surface area contributed by atoms with Crippen LogP contribution in [0.5, 0.6) is 5.75 Å². The standard InChI is InChI=1S/C18H18N2O5/c19-18(23)13-6-8-14(9-7-13)20-16(21)12-25-17(22)10-11-24-15-4-2-1-3-5-15/h1-9H,10-12H2,(H2,19,23)(H,20,21). The molecule has 0 aromatic heterocycles. The molecule has 130 valence electrons. The molecule has 2 aromatic rings. The van der Waals surface area contributed by atoms with E-state index in [2.05, 4.69) is 5.32 Å². The first kappa shape index (κ1) is 18.0. The van der Waals surface area contributed by atoms with Gasteiger partial charge in [0.1, 0.15) is 5.75 Å². The van der Waals surface area contributed by atoms with Crippen LogP contribution in [0, 0.1) is 0 Å². The number of primary amides is 1. The molecule has 7 heteroatoms. The number of rotatable bonds is 8. The summed E-state index contributed by atoms with van der Waals surface area (Å²) < 4.78 is 10.2. The van der Waals surface area contributed by atoms with Crippen LogP contribution < -0.4 is 15.8 Å². The number of esters is 1. The molecule has 0 aliphatic rings. The lowest BCUT2D eigenvalue weighted by atomic mass is 10.2. The molecule has 0 heterocycles. The molecule has 0 fully saturated rings. The number of nitrogens with two attached hydrogens (primary N) is 1. The van der Waals surface area contributed by atoms with Crippen LogP contribution in [0.25, 0.3) is 0 Å². The highest BCUT2D eigenvalue weighted by atomic mass is 16.5. The fraction of sp³-hybridized carbons (Fsp3) is 0.167. The maximum Gasteiger partial charge on any atom is 0.309 e. The molecular formula is C18H18N2O5. The topological polar surface area (TPSA) is 108 Å². The lowest BCUT2D eigenvalue weighted by Gasteiger charge is -2.08. The van der Waals surface area contributed by atoms with E-state index in [1.165, 1.54) is 24.3 Å². The van der Waals surface area contributed by atoms with Gasteiger partial charge in [-0.15, -0.1) is 0 Å². The minimum absolute atomic E-state index is 0.0372. The van der Waals surface area contributed by atoms with Crippen molar-refractivity contribution in [3.63, 3.8) is 0 Å². The molecule has 3 N–H and O–H groups in total. The predicted octanol–water partition coefficient (Wildman–Crippen LogP) is 1.74. The van der Waals surface area contributed by atoms with Gasteiger partial charge in [0.25, 0.3) is 5.91 Å². The monoisotopic (exact) mass is 342 g/mol. The zero-order valence-corrected chi connectivity index (χ0v) is 13.4. The Morgan fingerprint density at radius 1 is 0.960 bits per heavy atom. The van der Waals surface area contributed by atoms with Crippen molar-refractivity contribution in [3.05, 3.63) is 60.2 Å². The molecule has 0 saturated carbocycles. The molecule has 0 unspecified atom stereocenters. The molecule has 0 aliphatic heterocycles. The Hall–Kier alpha value is -3.35. The van der Waals surface area contributed by atoms with Gasteiger partial charge in [0.2, 0.25) is 5.91 Å². The fourth-order valence-electron chi connectivity index (χ4n) is 1.90. The molecule has 0 radical (unpaired) electrons. The van der Waals surface area contributed by atoms with Gasteiger partial charge in [-0.1, -0.05) is 18.2 Å². The van der Waals surface area contributed by atoms with Gasteiger partial charge >= 0.3 is 5.97 Å². The molecule has 0 aliphatic carbocycles. The van der Waals surface area contributed by atoms with Crippen LogP contribution >= 0.6 is 0 Å². The van der Waals surface area contributed by atoms with Crippen LogP contribution in [0.1, 0.15) is 16.8 Å². The third-order valence-electron chi connectivity index (χ3n) is 3.14. The summed E-state index contributed by atoms with van der Waals surface area (Å²) in [5.41, 5.74) is 5.94. The van der Waals surface area contributed by atoms with Crippen LogP contribution in [-0.2, 0) is 14.3 Å². The molecule has 2 aromatic carbocycles. The van der Waals surface area contributed by atoms with Gasteiger partial charge in [-0.05, 0) is 36.4 Å². The third-order valence-corrected chi connectivity index (χ3v) is 3.14. The van der Waals surface area contributed by atoms with E-state index in [0.717, 1.165) is 0 Å². The maximum absolute atomic E-state index is 11.7. The van der Waals surface area contributed by atoms with Crippen molar-refractivity contribution in [2.24, 2.45) is 5.73 Å². The first-order valence-corrected chi connectivity index (χ1v) is 7.58. The van der Waals surface area contributed by atoms with Crippen molar-refractivity contribution in [1.29, 1.82) is 0 Å². The lowest BCUT2D eigenvalue weighted by molar-refractivity contribution is -0.147. The van der Waals surface area contributed by atoms with Gasteiger partial charge in [0.05, 0.1) is 13.0 Å². The van der Waals surface area contributed by atoms with Crippen molar-refractivity contribution in [3.8, 4) is 5.75 Å². The Morgan fingerprint density at radius 2 is 1.64 bits per heavy atom. The van der Waals surface area contributed by atoms with E-state index >= 15 is 0 Å². The Kier molecular flexibility index (Phi) is 6.53. The number of benzene rings is 2. The fourth-order valence-corrected chi connectivity index (χ4v) is 1.90. The number of anilines is 1. The summed E-state index contributed by atoms with van der Waals surface area (Å²) in [6.45, 7) is -0.235. The van der Waals surface area contributed by atoms with Crippen LogP contribution in [-0.4, -0.2) is 31.0 Å². The van der Waals surface area contributed by atoms with E-state index in [1.54, 1.807) is 12.1 Å². The number of hydrogen-bond donors (Lipinski definition) is 2. The largest absolute Gasteiger partial charge is 0.493 e. The van der Waals surface area contributed by atoms with E-state index in [1.807, 2.05) is 18.2 Å². The molecule has 25 heavy (non-hydrogen) atoms. The summed E-state index contributed by atoms with van der Waals surface area (Å²) >= 11 is 0. The molecule has 2 amide bonds. The van der Waals surface area contributed by atoms with Crippen molar-refractivity contribution < 1.29 is 23.9 Å². The van der Waals surface area contributed by atoms with Gasteiger partial charge in [0.15, 0.2) is 6.61 Å². The third kappa shape index (κ3) is 6.34. The zero-order chi connectivity index (χ0) is 18.1. The SMILES string of the molecule is NC(=O)c1ccc(NC(=O)COC(=O)CCOc2ccccc2)cc1. The van der Waals surface area contributed by atoms with Gasteiger partial charge < -0.3 is 20.5 Å². The Morgan fingerprint density at radius 3 is 2.28 bits per heavy atom. The van der Waals surface area contributed by atoms with Crippen LogP contribution in [0.4, 0.5) is 5.69 Å².